The molecule has 0 aliphatic heterocycles. The van der Waals surface area contributed by atoms with Gasteiger partial charge >= 0.3 is 5.97 Å². The Bertz CT molecular complexity index is 447. The van der Waals surface area contributed by atoms with Crippen molar-refractivity contribution in [2.75, 3.05) is 18.9 Å². The molecule has 0 saturated heterocycles. The molecule has 0 spiro atoms. The number of aliphatic hydroxyl groups excluding tert-OH is 1. The van der Waals surface area contributed by atoms with Crippen molar-refractivity contribution in [2.45, 2.75) is 12.8 Å². The average Bonchev–Trinajstić information content (AvgIpc) is 2.34. The van der Waals surface area contributed by atoms with Gasteiger partial charge in [0.1, 0.15) is 5.56 Å². The van der Waals surface area contributed by atoms with Gasteiger partial charge in [-0.1, -0.05) is 0 Å². The molecule has 1 aromatic carbocycles. The molecule has 0 aliphatic rings. The lowest BCUT2D eigenvalue weighted by molar-refractivity contribution is -0.385. The van der Waals surface area contributed by atoms with E-state index in [-0.39, 0.29) is 30.2 Å². The minimum absolute atomic E-state index is 0.0135. The SMILES string of the molecule is Nc1ccc(C(=O)OCCCCO)c([N+](=O)[O-])c1. The Hall–Kier alpha value is -2.15. The summed E-state index contributed by atoms with van der Waals surface area (Å²) >= 11 is 0. The molecule has 0 atom stereocenters. The Morgan fingerprint density at radius 3 is 2.78 bits per heavy atom. The first kappa shape index (κ1) is 13.9. The van der Waals surface area contributed by atoms with Gasteiger partial charge in [-0.2, -0.15) is 0 Å². The van der Waals surface area contributed by atoms with Crippen molar-refractivity contribution in [2.24, 2.45) is 0 Å². The number of carbonyl (C=O) groups excluding carboxylic acids is 1. The molecule has 1 aromatic rings. The first-order chi connectivity index (χ1) is 8.56. The van der Waals surface area contributed by atoms with Gasteiger partial charge in [0, 0.05) is 18.4 Å². The van der Waals surface area contributed by atoms with Gasteiger partial charge in [-0.25, -0.2) is 4.79 Å². The van der Waals surface area contributed by atoms with Crippen molar-refractivity contribution in [1.29, 1.82) is 0 Å². The maximum atomic E-state index is 11.6. The Morgan fingerprint density at radius 1 is 1.44 bits per heavy atom. The highest BCUT2D eigenvalue weighted by molar-refractivity contribution is 5.94. The molecule has 18 heavy (non-hydrogen) atoms. The molecule has 98 valence electrons. The minimum Gasteiger partial charge on any atom is -0.462 e. The first-order valence-electron chi connectivity index (χ1n) is 5.38. The number of aliphatic hydroxyl groups is 1. The monoisotopic (exact) mass is 254 g/mol. The van der Waals surface area contributed by atoms with Crippen LogP contribution in [0.4, 0.5) is 11.4 Å². The Kier molecular flexibility index (Phi) is 5.06. The van der Waals surface area contributed by atoms with Crippen LogP contribution in [0.3, 0.4) is 0 Å². The summed E-state index contributed by atoms with van der Waals surface area (Å²) in [6.07, 6.45) is 1.02. The van der Waals surface area contributed by atoms with Gasteiger partial charge in [-0.3, -0.25) is 10.1 Å². The molecule has 0 saturated carbocycles. The zero-order valence-electron chi connectivity index (χ0n) is 9.67. The number of hydrogen-bond acceptors (Lipinski definition) is 6. The van der Waals surface area contributed by atoms with Crippen LogP contribution in [0.25, 0.3) is 0 Å². The molecular weight excluding hydrogens is 240 g/mol. The number of nitrogen functional groups attached to an aromatic ring is 1. The summed E-state index contributed by atoms with van der Waals surface area (Å²) in [7, 11) is 0. The van der Waals surface area contributed by atoms with Crippen LogP contribution in [0.1, 0.15) is 23.2 Å². The number of rotatable bonds is 6. The van der Waals surface area contributed by atoms with E-state index in [9.17, 15) is 14.9 Å². The topological polar surface area (TPSA) is 116 Å². The number of nitro groups is 1. The van der Waals surface area contributed by atoms with Crippen molar-refractivity contribution < 1.29 is 19.6 Å². The summed E-state index contributed by atoms with van der Waals surface area (Å²) < 4.78 is 4.87. The summed E-state index contributed by atoms with van der Waals surface area (Å²) in [4.78, 5) is 21.7. The van der Waals surface area contributed by atoms with E-state index in [1.807, 2.05) is 0 Å². The third kappa shape index (κ3) is 3.70. The molecule has 0 aliphatic carbocycles. The van der Waals surface area contributed by atoms with Crippen LogP contribution in [0.15, 0.2) is 18.2 Å². The van der Waals surface area contributed by atoms with Crippen LogP contribution in [-0.2, 0) is 4.74 Å². The van der Waals surface area contributed by atoms with E-state index >= 15 is 0 Å². The van der Waals surface area contributed by atoms with Gasteiger partial charge in [0.05, 0.1) is 11.5 Å². The zero-order valence-corrected chi connectivity index (χ0v) is 9.67. The molecule has 0 aromatic heterocycles. The fourth-order valence-electron chi connectivity index (χ4n) is 1.33. The fraction of sp³-hybridized carbons (Fsp3) is 0.364. The number of hydrogen-bond donors (Lipinski definition) is 2. The van der Waals surface area contributed by atoms with Crippen molar-refractivity contribution in [3.05, 3.63) is 33.9 Å². The number of benzene rings is 1. The second-order valence-corrected chi connectivity index (χ2v) is 3.60. The quantitative estimate of drug-likeness (QED) is 0.258. The van der Waals surface area contributed by atoms with Crippen LogP contribution in [0.2, 0.25) is 0 Å². The lowest BCUT2D eigenvalue weighted by Gasteiger charge is -2.05. The van der Waals surface area contributed by atoms with E-state index in [2.05, 4.69) is 0 Å². The third-order valence-electron chi connectivity index (χ3n) is 2.22. The number of unbranched alkanes of at least 4 members (excludes halogenated alkanes) is 1. The third-order valence-corrected chi connectivity index (χ3v) is 2.22. The van der Waals surface area contributed by atoms with Crippen LogP contribution < -0.4 is 5.73 Å². The second-order valence-electron chi connectivity index (χ2n) is 3.60. The summed E-state index contributed by atoms with van der Waals surface area (Å²) in [5.41, 5.74) is 5.13. The van der Waals surface area contributed by atoms with Gasteiger partial charge in [0.25, 0.3) is 5.69 Å². The van der Waals surface area contributed by atoms with Crippen molar-refractivity contribution in [3.8, 4) is 0 Å². The number of nitrogens with zero attached hydrogens (tertiary/aromatic N) is 1. The highest BCUT2D eigenvalue weighted by Crippen LogP contribution is 2.22. The lowest BCUT2D eigenvalue weighted by Crippen LogP contribution is -2.10. The molecule has 0 radical (unpaired) electrons. The summed E-state index contributed by atoms with van der Waals surface area (Å²) in [5, 5.41) is 19.3. The van der Waals surface area contributed by atoms with Gasteiger partial charge in [-0.05, 0) is 25.0 Å². The first-order valence-corrected chi connectivity index (χ1v) is 5.38. The van der Waals surface area contributed by atoms with E-state index in [0.717, 1.165) is 6.07 Å². The van der Waals surface area contributed by atoms with Gasteiger partial charge < -0.3 is 15.6 Å². The highest BCUT2D eigenvalue weighted by Gasteiger charge is 2.21. The largest absolute Gasteiger partial charge is 0.462 e. The van der Waals surface area contributed by atoms with Crippen LogP contribution in [-0.4, -0.2) is 29.2 Å². The normalized spacial score (nSPS) is 10.1. The maximum absolute atomic E-state index is 11.6. The molecule has 7 nitrogen and oxygen atoms in total. The predicted octanol–water partition coefficient (Wildman–Crippen LogP) is 1.11. The summed E-state index contributed by atoms with van der Waals surface area (Å²) in [6.45, 7) is 0.125. The van der Waals surface area contributed by atoms with Gasteiger partial charge in [-0.15, -0.1) is 0 Å². The van der Waals surface area contributed by atoms with E-state index in [4.69, 9.17) is 15.6 Å². The molecule has 0 amide bonds. The van der Waals surface area contributed by atoms with E-state index < -0.39 is 10.9 Å². The molecule has 3 N–H and O–H groups in total. The fourth-order valence-corrected chi connectivity index (χ4v) is 1.33. The molecule has 0 bridgehead atoms. The second kappa shape index (κ2) is 6.55. The Balaban J connectivity index is 2.76. The number of carbonyl (C=O) groups is 1. The molecule has 0 fully saturated rings. The van der Waals surface area contributed by atoms with Gasteiger partial charge in [0.2, 0.25) is 0 Å². The summed E-state index contributed by atoms with van der Waals surface area (Å²) in [6, 6.07) is 3.78. The van der Waals surface area contributed by atoms with Crippen LogP contribution in [0, 0.1) is 10.1 Å². The lowest BCUT2D eigenvalue weighted by atomic mass is 10.1. The molecular formula is C11H14N2O5. The summed E-state index contributed by atoms with van der Waals surface area (Å²) in [5.74, 6) is -0.764. The standard InChI is InChI=1S/C11H14N2O5/c12-8-3-4-9(10(7-8)13(16)17)11(15)18-6-2-1-5-14/h3-4,7,14H,1-2,5-6,12H2. The zero-order chi connectivity index (χ0) is 13.5. The maximum Gasteiger partial charge on any atom is 0.345 e. The Labute approximate surface area is 103 Å². The number of anilines is 1. The number of nitrogens with two attached hydrogens (primary N) is 1. The smallest absolute Gasteiger partial charge is 0.345 e. The van der Waals surface area contributed by atoms with Crippen molar-refractivity contribution in [1.82, 2.24) is 0 Å². The van der Waals surface area contributed by atoms with Gasteiger partial charge in [0.15, 0.2) is 0 Å². The highest BCUT2D eigenvalue weighted by atomic mass is 16.6. The minimum atomic E-state index is -0.764. The van der Waals surface area contributed by atoms with Crippen LogP contribution in [0.5, 0.6) is 0 Å². The average molecular weight is 254 g/mol. The predicted molar refractivity (Wildman–Crippen MR) is 64.1 cm³/mol. The molecule has 1 rings (SSSR count). The molecule has 7 heteroatoms. The van der Waals surface area contributed by atoms with Crippen LogP contribution >= 0.6 is 0 Å². The number of ether oxygens (including phenoxy) is 1. The van der Waals surface area contributed by atoms with Crippen molar-refractivity contribution in [3.63, 3.8) is 0 Å². The molecule has 0 unspecified atom stereocenters. The Morgan fingerprint density at radius 2 is 2.17 bits per heavy atom. The number of esters is 1. The van der Waals surface area contributed by atoms with E-state index in [0.29, 0.717) is 12.8 Å². The number of nitro benzene ring substituents is 1. The van der Waals surface area contributed by atoms with E-state index in [1.54, 1.807) is 0 Å². The van der Waals surface area contributed by atoms with Crippen molar-refractivity contribution >= 4 is 17.3 Å². The molecule has 0 heterocycles. The van der Waals surface area contributed by atoms with E-state index in [1.165, 1.54) is 12.1 Å².